The first kappa shape index (κ1) is 12.2. The van der Waals surface area contributed by atoms with Gasteiger partial charge < -0.3 is 15.6 Å². The fraction of sp³-hybridized carbons (Fsp3) is 0.231. The predicted molar refractivity (Wildman–Crippen MR) is 74.9 cm³/mol. The minimum absolute atomic E-state index is 0.0148. The van der Waals surface area contributed by atoms with E-state index in [0.29, 0.717) is 12.2 Å². The van der Waals surface area contributed by atoms with Gasteiger partial charge >= 0.3 is 0 Å². The van der Waals surface area contributed by atoms with Gasteiger partial charge in [-0.2, -0.15) is 0 Å². The maximum Gasteiger partial charge on any atom is 0.268 e. The van der Waals surface area contributed by atoms with E-state index in [1.54, 1.807) is 4.57 Å². The van der Waals surface area contributed by atoms with Gasteiger partial charge in [-0.15, -0.1) is 0 Å². The van der Waals surface area contributed by atoms with Crippen molar-refractivity contribution in [2.45, 2.75) is 13.0 Å². The third kappa shape index (κ3) is 1.92. The van der Waals surface area contributed by atoms with Crippen LogP contribution in [0.2, 0.25) is 0 Å². The van der Waals surface area contributed by atoms with Gasteiger partial charge in [0.2, 0.25) is 5.91 Å². The minimum Gasteiger partial charge on any atom is -0.368 e. The van der Waals surface area contributed by atoms with Crippen molar-refractivity contribution in [3.63, 3.8) is 0 Å². The van der Waals surface area contributed by atoms with Gasteiger partial charge in [0.15, 0.2) is 0 Å². The number of carbonyl (C=O) groups excluding carboxylic acids is 2. The largest absolute Gasteiger partial charge is 0.368 e. The number of nitrogens with two attached hydrogens (primary N) is 1. The highest BCUT2D eigenvalue weighted by atomic mass is 79.9. The van der Waals surface area contributed by atoms with Gasteiger partial charge in [-0.3, -0.25) is 9.59 Å². The van der Waals surface area contributed by atoms with Crippen LogP contribution >= 0.6 is 15.9 Å². The summed E-state index contributed by atoms with van der Waals surface area (Å²) in [6.07, 6.45) is 0.764. The van der Waals surface area contributed by atoms with E-state index in [9.17, 15) is 9.59 Å². The topological polar surface area (TPSA) is 77.1 Å². The summed E-state index contributed by atoms with van der Waals surface area (Å²) in [4.78, 5) is 23.3. The van der Waals surface area contributed by atoms with Gasteiger partial charge in [0, 0.05) is 21.9 Å². The number of primary amides is 1. The molecule has 0 aliphatic carbocycles. The molecule has 2 amide bonds. The molecular formula is C13H12BrN3O2. The van der Waals surface area contributed by atoms with Crippen LogP contribution in [0, 0.1) is 0 Å². The van der Waals surface area contributed by atoms with E-state index in [1.807, 2.05) is 18.2 Å². The maximum absolute atomic E-state index is 12.0. The van der Waals surface area contributed by atoms with Crippen molar-refractivity contribution in [3.05, 3.63) is 33.9 Å². The van der Waals surface area contributed by atoms with Crippen molar-refractivity contribution >= 4 is 38.6 Å². The molecule has 19 heavy (non-hydrogen) atoms. The lowest BCUT2D eigenvalue weighted by Gasteiger charge is -2.15. The lowest BCUT2D eigenvalue weighted by molar-refractivity contribution is -0.118. The fourth-order valence-corrected chi connectivity index (χ4v) is 2.97. The van der Waals surface area contributed by atoms with Crippen molar-refractivity contribution in [2.24, 2.45) is 5.73 Å². The Bertz CT molecular complexity index is 705. The summed E-state index contributed by atoms with van der Waals surface area (Å²) in [6, 6.07) is 5.77. The summed E-state index contributed by atoms with van der Waals surface area (Å²) < 4.78 is 2.65. The molecule has 1 aliphatic rings. The standard InChI is InChI=1S/C13H12BrN3O2/c14-7-1-2-10-9(5-7)8-3-4-16-13(19)12(8)17(10)6-11(15)18/h1-2,5H,3-4,6H2,(H2,15,18)(H,16,19). The number of amides is 2. The third-order valence-electron chi connectivity index (χ3n) is 3.32. The van der Waals surface area contributed by atoms with Crippen LogP contribution in [0.5, 0.6) is 0 Å². The van der Waals surface area contributed by atoms with Crippen molar-refractivity contribution in [1.82, 2.24) is 9.88 Å². The summed E-state index contributed by atoms with van der Waals surface area (Å²) in [5.41, 5.74) is 7.69. The minimum atomic E-state index is -0.457. The van der Waals surface area contributed by atoms with Crippen LogP contribution < -0.4 is 11.1 Å². The quantitative estimate of drug-likeness (QED) is 0.871. The smallest absolute Gasteiger partial charge is 0.268 e. The summed E-state index contributed by atoms with van der Waals surface area (Å²) in [7, 11) is 0. The molecule has 0 fully saturated rings. The van der Waals surface area contributed by atoms with E-state index in [1.165, 1.54) is 0 Å². The maximum atomic E-state index is 12.0. The normalized spacial score (nSPS) is 14.3. The molecule has 0 radical (unpaired) electrons. The Morgan fingerprint density at radius 3 is 3.00 bits per heavy atom. The predicted octanol–water partition coefficient (Wildman–Crippen LogP) is 1.18. The summed E-state index contributed by atoms with van der Waals surface area (Å²) in [5.74, 6) is -0.601. The Hall–Kier alpha value is -1.82. The molecule has 0 saturated carbocycles. The van der Waals surface area contributed by atoms with Crippen molar-refractivity contribution < 1.29 is 9.59 Å². The van der Waals surface area contributed by atoms with E-state index in [2.05, 4.69) is 21.2 Å². The number of carbonyl (C=O) groups is 2. The first-order chi connectivity index (χ1) is 9.08. The van der Waals surface area contributed by atoms with Gasteiger partial charge in [-0.25, -0.2) is 0 Å². The lowest BCUT2D eigenvalue weighted by atomic mass is 10.0. The molecule has 3 N–H and O–H groups in total. The van der Waals surface area contributed by atoms with E-state index >= 15 is 0 Å². The van der Waals surface area contributed by atoms with E-state index < -0.39 is 5.91 Å². The first-order valence-electron chi connectivity index (χ1n) is 5.95. The average Bonchev–Trinajstić information content (AvgIpc) is 2.64. The van der Waals surface area contributed by atoms with Gasteiger partial charge in [-0.05, 0) is 30.2 Å². The number of hydrogen-bond acceptors (Lipinski definition) is 2. The van der Waals surface area contributed by atoms with Crippen LogP contribution in [0.3, 0.4) is 0 Å². The highest BCUT2D eigenvalue weighted by molar-refractivity contribution is 9.10. The van der Waals surface area contributed by atoms with Crippen molar-refractivity contribution in [2.75, 3.05) is 6.54 Å². The average molecular weight is 322 g/mol. The molecule has 2 aromatic rings. The Kier molecular flexibility index (Phi) is 2.82. The number of hydrogen-bond donors (Lipinski definition) is 2. The summed E-state index contributed by atoms with van der Waals surface area (Å²) >= 11 is 3.43. The Morgan fingerprint density at radius 2 is 2.26 bits per heavy atom. The highest BCUT2D eigenvalue weighted by Crippen LogP contribution is 2.30. The molecule has 1 aliphatic heterocycles. The number of benzene rings is 1. The number of nitrogens with one attached hydrogen (secondary N) is 1. The van der Waals surface area contributed by atoms with Gasteiger partial charge in [0.1, 0.15) is 12.2 Å². The molecule has 0 bridgehead atoms. The van der Waals surface area contributed by atoms with Crippen LogP contribution in [0.25, 0.3) is 10.9 Å². The van der Waals surface area contributed by atoms with Crippen LogP contribution in [0.1, 0.15) is 16.1 Å². The van der Waals surface area contributed by atoms with Crippen LogP contribution in [-0.4, -0.2) is 22.9 Å². The van der Waals surface area contributed by atoms with E-state index in [-0.39, 0.29) is 12.5 Å². The van der Waals surface area contributed by atoms with Crippen LogP contribution in [0.4, 0.5) is 0 Å². The van der Waals surface area contributed by atoms with Gasteiger partial charge in [-0.1, -0.05) is 15.9 Å². The Balaban J connectivity index is 2.35. The van der Waals surface area contributed by atoms with Crippen LogP contribution in [0.15, 0.2) is 22.7 Å². The SMILES string of the molecule is NC(=O)Cn1c2c(c3cc(Br)ccc31)CCNC2=O. The fourth-order valence-electron chi connectivity index (χ4n) is 2.61. The van der Waals surface area contributed by atoms with Gasteiger partial charge in [0.05, 0.1) is 0 Å². The molecule has 0 saturated heterocycles. The number of aromatic nitrogens is 1. The zero-order valence-corrected chi connectivity index (χ0v) is 11.7. The second-order valence-electron chi connectivity index (χ2n) is 4.55. The van der Waals surface area contributed by atoms with Crippen molar-refractivity contribution in [3.8, 4) is 0 Å². The second-order valence-corrected chi connectivity index (χ2v) is 5.46. The number of nitrogens with zero attached hydrogens (tertiary/aromatic N) is 1. The zero-order valence-electron chi connectivity index (χ0n) is 10.1. The highest BCUT2D eigenvalue weighted by Gasteiger charge is 2.26. The molecule has 5 nitrogen and oxygen atoms in total. The Labute approximate surface area is 117 Å². The molecule has 2 heterocycles. The monoisotopic (exact) mass is 321 g/mol. The van der Waals surface area contributed by atoms with Crippen LogP contribution in [-0.2, 0) is 17.8 Å². The second kappa shape index (κ2) is 4.38. The number of rotatable bonds is 2. The molecule has 0 spiro atoms. The zero-order chi connectivity index (χ0) is 13.6. The molecular weight excluding hydrogens is 310 g/mol. The lowest BCUT2D eigenvalue weighted by Crippen LogP contribution is -2.34. The molecule has 0 unspecified atom stereocenters. The molecule has 3 rings (SSSR count). The summed E-state index contributed by atoms with van der Waals surface area (Å²) in [6.45, 7) is 0.634. The van der Waals surface area contributed by atoms with E-state index in [0.717, 1.165) is 27.4 Å². The molecule has 1 aromatic carbocycles. The third-order valence-corrected chi connectivity index (χ3v) is 3.81. The molecule has 0 atom stereocenters. The Morgan fingerprint density at radius 1 is 1.47 bits per heavy atom. The number of halogens is 1. The molecule has 1 aromatic heterocycles. The van der Waals surface area contributed by atoms with Gasteiger partial charge in [0.25, 0.3) is 5.91 Å². The van der Waals surface area contributed by atoms with Crippen molar-refractivity contribution in [1.29, 1.82) is 0 Å². The number of fused-ring (bicyclic) bond motifs is 3. The molecule has 98 valence electrons. The van der Waals surface area contributed by atoms with E-state index in [4.69, 9.17) is 5.73 Å². The summed E-state index contributed by atoms with van der Waals surface area (Å²) in [5, 5.41) is 3.80. The molecule has 6 heteroatoms. The first-order valence-corrected chi connectivity index (χ1v) is 6.74.